The van der Waals surface area contributed by atoms with E-state index >= 15 is 0 Å². The van der Waals surface area contributed by atoms with Gasteiger partial charge >= 0.3 is 0 Å². The van der Waals surface area contributed by atoms with E-state index in [1.165, 1.54) is 0 Å². The number of hydrogen-bond donors (Lipinski definition) is 0. The molecule has 0 bridgehead atoms. The second-order valence-electron chi connectivity index (χ2n) is 2.88. The fraction of sp³-hybridized carbons (Fsp3) is 0.273. The van der Waals surface area contributed by atoms with Crippen LogP contribution in [0, 0.1) is 0 Å². The Bertz CT molecular complexity index is 253. The molecular formula is C11H14O. The van der Waals surface area contributed by atoms with E-state index in [1.807, 2.05) is 43.3 Å². The number of benzene rings is 1. The molecule has 0 aliphatic carbocycles. The minimum absolute atomic E-state index is 0.360. The van der Waals surface area contributed by atoms with Gasteiger partial charge in [0.2, 0.25) is 0 Å². The maximum absolute atomic E-state index is 5.35. The first-order valence-electron chi connectivity index (χ1n) is 3.97. The highest BCUT2D eigenvalue weighted by atomic mass is 16.5. The van der Waals surface area contributed by atoms with E-state index < -0.39 is 0 Å². The molecule has 0 radical (unpaired) electrons. The molecule has 0 spiro atoms. The lowest BCUT2D eigenvalue weighted by atomic mass is 9.96. The summed E-state index contributed by atoms with van der Waals surface area (Å²) in [7, 11) is 1.69. The van der Waals surface area contributed by atoms with Crippen LogP contribution in [0.15, 0.2) is 43.0 Å². The molecule has 0 aliphatic heterocycles. The highest BCUT2D eigenvalue weighted by Crippen LogP contribution is 2.24. The van der Waals surface area contributed by atoms with Crippen LogP contribution in [0.1, 0.15) is 12.5 Å². The molecular weight excluding hydrogens is 148 g/mol. The van der Waals surface area contributed by atoms with Crippen LogP contribution in [0.25, 0.3) is 0 Å². The van der Waals surface area contributed by atoms with Gasteiger partial charge < -0.3 is 4.74 Å². The molecule has 0 fully saturated rings. The van der Waals surface area contributed by atoms with Crippen LogP contribution < -0.4 is 0 Å². The highest BCUT2D eigenvalue weighted by Gasteiger charge is 2.20. The van der Waals surface area contributed by atoms with Gasteiger partial charge in [0, 0.05) is 7.11 Å². The first kappa shape index (κ1) is 9.01. The lowest BCUT2D eigenvalue weighted by molar-refractivity contribution is 0.0465. The quantitative estimate of drug-likeness (QED) is 0.621. The SMILES string of the molecule is C=C[C@@](C)(OC)c1ccccc1. The maximum Gasteiger partial charge on any atom is 0.108 e. The van der Waals surface area contributed by atoms with E-state index in [0.717, 1.165) is 5.56 Å². The first-order valence-corrected chi connectivity index (χ1v) is 3.97. The molecule has 0 saturated carbocycles. The highest BCUT2D eigenvalue weighted by molar-refractivity contribution is 5.25. The van der Waals surface area contributed by atoms with Crippen LogP contribution in [-0.4, -0.2) is 7.11 Å². The largest absolute Gasteiger partial charge is 0.370 e. The van der Waals surface area contributed by atoms with Crippen molar-refractivity contribution in [2.24, 2.45) is 0 Å². The fourth-order valence-electron chi connectivity index (χ4n) is 1.09. The molecule has 0 saturated heterocycles. The van der Waals surface area contributed by atoms with Gasteiger partial charge in [0.05, 0.1) is 0 Å². The molecule has 1 nitrogen and oxygen atoms in total. The summed E-state index contributed by atoms with van der Waals surface area (Å²) >= 11 is 0. The van der Waals surface area contributed by atoms with Crippen molar-refractivity contribution in [3.05, 3.63) is 48.6 Å². The Balaban J connectivity index is 3.03. The molecule has 64 valence electrons. The third-order valence-electron chi connectivity index (χ3n) is 2.16. The topological polar surface area (TPSA) is 9.23 Å². The predicted molar refractivity (Wildman–Crippen MR) is 51.0 cm³/mol. The molecule has 1 aromatic rings. The Labute approximate surface area is 73.7 Å². The number of rotatable bonds is 3. The summed E-state index contributed by atoms with van der Waals surface area (Å²) < 4.78 is 5.35. The second kappa shape index (κ2) is 3.55. The van der Waals surface area contributed by atoms with Crippen molar-refractivity contribution in [3.63, 3.8) is 0 Å². The normalized spacial score (nSPS) is 15.2. The Kier molecular flexibility index (Phi) is 2.66. The summed E-state index contributed by atoms with van der Waals surface area (Å²) in [6.07, 6.45) is 1.81. The zero-order valence-electron chi connectivity index (χ0n) is 7.58. The van der Waals surface area contributed by atoms with Crippen LogP contribution in [0.2, 0.25) is 0 Å². The second-order valence-corrected chi connectivity index (χ2v) is 2.88. The molecule has 12 heavy (non-hydrogen) atoms. The van der Waals surface area contributed by atoms with Crippen molar-refractivity contribution in [1.29, 1.82) is 0 Å². The molecule has 1 aromatic carbocycles. The van der Waals surface area contributed by atoms with Crippen molar-refractivity contribution in [1.82, 2.24) is 0 Å². The van der Waals surface area contributed by atoms with Crippen molar-refractivity contribution < 1.29 is 4.74 Å². The van der Waals surface area contributed by atoms with Crippen LogP contribution in [0.4, 0.5) is 0 Å². The van der Waals surface area contributed by atoms with E-state index in [-0.39, 0.29) is 5.60 Å². The monoisotopic (exact) mass is 162 g/mol. The van der Waals surface area contributed by atoms with Crippen molar-refractivity contribution in [2.45, 2.75) is 12.5 Å². The summed E-state index contributed by atoms with van der Waals surface area (Å²) in [5, 5.41) is 0. The van der Waals surface area contributed by atoms with Crippen LogP contribution in [-0.2, 0) is 10.3 Å². The van der Waals surface area contributed by atoms with Gasteiger partial charge in [-0.1, -0.05) is 43.0 Å². The van der Waals surface area contributed by atoms with E-state index in [1.54, 1.807) is 7.11 Å². The van der Waals surface area contributed by atoms with Crippen LogP contribution in [0.3, 0.4) is 0 Å². The molecule has 1 rings (SSSR count). The standard InChI is InChI=1S/C11H14O/c1-4-11(2,12-3)10-8-6-5-7-9-10/h4-9H,1H2,2-3H3/t11-/m1/s1. The Morgan fingerprint density at radius 3 is 2.33 bits per heavy atom. The van der Waals surface area contributed by atoms with Gasteiger partial charge in [-0.05, 0) is 12.5 Å². The van der Waals surface area contributed by atoms with Gasteiger partial charge in [-0.2, -0.15) is 0 Å². The number of ether oxygens (including phenoxy) is 1. The molecule has 0 aromatic heterocycles. The molecule has 0 N–H and O–H groups in total. The van der Waals surface area contributed by atoms with Crippen molar-refractivity contribution in [2.75, 3.05) is 7.11 Å². The lowest BCUT2D eigenvalue weighted by Crippen LogP contribution is -2.20. The van der Waals surface area contributed by atoms with Gasteiger partial charge in [-0.3, -0.25) is 0 Å². The molecule has 0 amide bonds. The van der Waals surface area contributed by atoms with Crippen LogP contribution >= 0.6 is 0 Å². The third kappa shape index (κ3) is 1.56. The number of hydrogen-bond acceptors (Lipinski definition) is 1. The van der Waals surface area contributed by atoms with Gasteiger partial charge in [0.15, 0.2) is 0 Å². The molecule has 0 aliphatic rings. The van der Waals surface area contributed by atoms with Gasteiger partial charge in [0.25, 0.3) is 0 Å². The van der Waals surface area contributed by atoms with E-state index in [2.05, 4.69) is 6.58 Å². The van der Waals surface area contributed by atoms with E-state index in [0.29, 0.717) is 0 Å². The lowest BCUT2D eigenvalue weighted by Gasteiger charge is -2.24. The van der Waals surface area contributed by atoms with Gasteiger partial charge in [-0.25, -0.2) is 0 Å². The molecule has 1 atom stereocenters. The fourth-order valence-corrected chi connectivity index (χ4v) is 1.09. The average molecular weight is 162 g/mol. The predicted octanol–water partition coefficient (Wildman–Crippen LogP) is 2.73. The Morgan fingerprint density at radius 2 is 1.92 bits per heavy atom. The first-order chi connectivity index (χ1) is 5.73. The van der Waals surface area contributed by atoms with E-state index in [9.17, 15) is 0 Å². The van der Waals surface area contributed by atoms with Crippen LogP contribution in [0.5, 0.6) is 0 Å². The summed E-state index contributed by atoms with van der Waals surface area (Å²) in [6, 6.07) is 10.0. The van der Waals surface area contributed by atoms with E-state index in [4.69, 9.17) is 4.74 Å². The van der Waals surface area contributed by atoms with Gasteiger partial charge in [0.1, 0.15) is 5.60 Å². The van der Waals surface area contributed by atoms with Gasteiger partial charge in [-0.15, -0.1) is 0 Å². The molecule has 0 heterocycles. The van der Waals surface area contributed by atoms with Crippen molar-refractivity contribution in [3.8, 4) is 0 Å². The zero-order chi connectivity index (χ0) is 9.03. The summed E-state index contributed by atoms with van der Waals surface area (Å²) in [5.41, 5.74) is 0.767. The minimum atomic E-state index is -0.360. The Hall–Kier alpha value is -1.08. The van der Waals surface area contributed by atoms with Crippen molar-refractivity contribution >= 4 is 0 Å². The third-order valence-corrected chi connectivity index (χ3v) is 2.16. The minimum Gasteiger partial charge on any atom is -0.370 e. The molecule has 1 heteroatoms. The zero-order valence-corrected chi connectivity index (χ0v) is 7.58. The average Bonchev–Trinajstić information content (AvgIpc) is 2.18. The summed E-state index contributed by atoms with van der Waals surface area (Å²) in [6.45, 7) is 5.75. The summed E-state index contributed by atoms with van der Waals surface area (Å²) in [5.74, 6) is 0. The summed E-state index contributed by atoms with van der Waals surface area (Å²) in [4.78, 5) is 0. The smallest absolute Gasteiger partial charge is 0.108 e. The Morgan fingerprint density at radius 1 is 1.33 bits per heavy atom. The number of methoxy groups -OCH3 is 1. The molecule has 0 unspecified atom stereocenters. The maximum atomic E-state index is 5.35.